The number of carboxylic acids is 1. The Labute approximate surface area is 149 Å². The van der Waals surface area contributed by atoms with E-state index in [4.69, 9.17) is 21.1 Å². The van der Waals surface area contributed by atoms with Crippen molar-refractivity contribution in [2.45, 2.75) is 11.4 Å². The summed E-state index contributed by atoms with van der Waals surface area (Å²) in [5.41, 5.74) is -0.144. The average Bonchev–Trinajstić information content (AvgIpc) is 3.04. The number of nitrogens with zero attached hydrogens (tertiary/aromatic N) is 3. The van der Waals surface area contributed by atoms with Crippen molar-refractivity contribution < 1.29 is 22.7 Å². The number of aromatic nitrogens is 1. The van der Waals surface area contributed by atoms with E-state index in [1.165, 1.54) is 10.4 Å². The molecule has 1 aliphatic rings. The standard InChI is InChI=1S/C15H16ClN3O5S/c16-11-3-1-2-4-13(11)25(22,23)19-7-5-18(6-8-19)9-14-17-12(10-24-14)15(20)21/h1-4,10H,5-9H2,(H,20,21). The molecule has 2 heterocycles. The minimum atomic E-state index is -3.64. The van der Waals surface area contributed by atoms with Gasteiger partial charge in [0, 0.05) is 26.2 Å². The van der Waals surface area contributed by atoms with Gasteiger partial charge in [0.2, 0.25) is 15.9 Å². The smallest absolute Gasteiger partial charge is 0.357 e. The van der Waals surface area contributed by atoms with Crippen molar-refractivity contribution in [1.82, 2.24) is 14.2 Å². The fraction of sp³-hybridized carbons (Fsp3) is 0.333. The van der Waals surface area contributed by atoms with Gasteiger partial charge in [-0.15, -0.1) is 0 Å². The van der Waals surface area contributed by atoms with E-state index < -0.39 is 16.0 Å². The van der Waals surface area contributed by atoms with Gasteiger partial charge in [-0.1, -0.05) is 23.7 Å². The van der Waals surface area contributed by atoms with Crippen LogP contribution in [0.4, 0.5) is 0 Å². The maximum Gasteiger partial charge on any atom is 0.357 e. The number of sulfonamides is 1. The summed E-state index contributed by atoms with van der Waals surface area (Å²) in [5.74, 6) is -0.856. The first-order valence-corrected chi connectivity index (χ1v) is 9.34. The molecule has 0 atom stereocenters. The Morgan fingerprint density at radius 1 is 1.24 bits per heavy atom. The monoisotopic (exact) mass is 385 g/mol. The van der Waals surface area contributed by atoms with Crippen molar-refractivity contribution in [2.75, 3.05) is 26.2 Å². The first-order valence-electron chi connectivity index (χ1n) is 7.52. The van der Waals surface area contributed by atoms with Crippen LogP contribution in [0.3, 0.4) is 0 Å². The molecule has 8 nitrogen and oxygen atoms in total. The Bertz CT molecular complexity index is 875. The maximum atomic E-state index is 12.7. The number of carbonyl (C=O) groups is 1. The quantitative estimate of drug-likeness (QED) is 0.832. The van der Waals surface area contributed by atoms with Gasteiger partial charge in [-0.3, -0.25) is 4.90 Å². The number of hydrogen-bond donors (Lipinski definition) is 1. The van der Waals surface area contributed by atoms with Crippen LogP contribution in [0.1, 0.15) is 16.4 Å². The van der Waals surface area contributed by atoms with Gasteiger partial charge in [-0.2, -0.15) is 4.31 Å². The van der Waals surface area contributed by atoms with E-state index in [1.807, 2.05) is 4.90 Å². The number of oxazole rings is 1. The zero-order chi connectivity index (χ0) is 18.0. The van der Waals surface area contributed by atoms with Crippen LogP contribution in [0.5, 0.6) is 0 Å². The van der Waals surface area contributed by atoms with E-state index in [0.29, 0.717) is 38.6 Å². The molecule has 1 N–H and O–H groups in total. The Morgan fingerprint density at radius 3 is 2.52 bits per heavy atom. The fourth-order valence-corrected chi connectivity index (χ4v) is 4.51. The fourth-order valence-electron chi connectivity index (χ4n) is 2.59. The SMILES string of the molecule is O=C(O)c1coc(CN2CCN(S(=O)(=O)c3ccccc3Cl)CC2)n1. The van der Waals surface area contributed by atoms with Gasteiger partial charge in [-0.05, 0) is 12.1 Å². The Morgan fingerprint density at radius 2 is 1.92 bits per heavy atom. The zero-order valence-electron chi connectivity index (χ0n) is 13.1. The molecule has 1 aromatic carbocycles. The summed E-state index contributed by atoms with van der Waals surface area (Å²) in [7, 11) is -3.64. The topological polar surface area (TPSA) is 104 Å². The van der Waals surface area contributed by atoms with Crippen molar-refractivity contribution in [3.05, 3.63) is 47.1 Å². The molecule has 25 heavy (non-hydrogen) atoms. The van der Waals surface area contributed by atoms with Gasteiger partial charge in [0.05, 0.1) is 11.6 Å². The van der Waals surface area contributed by atoms with Gasteiger partial charge in [0.1, 0.15) is 11.2 Å². The summed E-state index contributed by atoms with van der Waals surface area (Å²) in [5, 5.41) is 9.04. The number of hydrogen-bond acceptors (Lipinski definition) is 6. The van der Waals surface area contributed by atoms with Crippen LogP contribution in [-0.2, 0) is 16.6 Å². The molecule has 0 amide bonds. The second kappa shape index (κ2) is 7.12. The molecule has 1 saturated heterocycles. The molecule has 10 heteroatoms. The average molecular weight is 386 g/mol. The first kappa shape index (κ1) is 17.9. The molecule has 134 valence electrons. The highest BCUT2D eigenvalue weighted by atomic mass is 35.5. The largest absolute Gasteiger partial charge is 0.476 e. The zero-order valence-corrected chi connectivity index (χ0v) is 14.7. The van der Waals surface area contributed by atoms with E-state index in [0.717, 1.165) is 6.26 Å². The first-order chi connectivity index (χ1) is 11.9. The molecule has 1 fully saturated rings. The number of rotatable bonds is 5. The summed E-state index contributed by atoms with van der Waals surface area (Å²) in [6, 6.07) is 6.36. The third-order valence-electron chi connectivity index (χ3n) is 3.92. The number of benzene rings is 1. The number of aromatic carboxylic acids is 1. The summed E-state index contributed by atoms with van der Waals surface area (Å²) in [6.45, 7) is 1.90. The highest BCUT2D eigenvalue weighted by Gasteiger charge is 2.30. The lowest BCUT2D eigenvalue weighted by atomic mass is 10.3. The van der Waals surface area contributed by atoms with Crippen LogP contribution in [0, 0.1) is 0 Å². The summed E-state index contributed by atoms with van der Waals surface area (Å²) < 4.78 is 31.9. The number of halogens is 1. The molecule has 0 radical (unpaired) electrons. The predicted octanol–water partition coefficient (Wildman–Crippen LogP) is 1.53. The minimum absolute atomic E-state index is 0.101. The van der Waals surface area contributed by atoms with Crippen molar-refractivity contribution >= 4 is 27.6 Å². The molecule has 3 rings (SSSR count). The third kappa shape index (κ3) is 3.84. The number of piperazine rings is 1. The minimum Gasteiger partial charge on any atom is -0.476 e. The second-order valence-electron chi connectivity index (χ2n) is 5.54. The Balaban J connectivity index is 1.63. The second-order valence-corrected chi connectivity index (χ2v) is 7.86. The van der Waals surface area contributed by atoms with E-state index >= 15 is 0 Å². The van der Waals surface area contributed by atoms with E-state index in [-0.39, 0.29) is 15.6 Å². The van der Waals surface area contributed by atoms with Crippen LogP contribution < -0.4 is 0 Å². The lowest BCUT2D eigenvalue weighted by Gasteiger charge is -2.33. The van der Waals surface area contributed by atoms with Crippen molar-refractivity contribution in [3.63, 3.8) is 0 Å². The van der Waals surface area contributed by atoms with Crippen LogP contribution >= 0.6 is 11.6 Å². The highest BCUT2D eigenvalue weighted by molar-refractivity contribution is 7.89. The van der Waals surface area contributed by atoms with Gasteiger partial charge in [0.15, 0.2) is 5.69 Å². The molecule has 0 unspecified atom stereocenters. The predicted molar refractivity (Wildman–Crippen MR) is 89.0 cm³/mol. The number of carboxylic acid groups (broad SMARTS) is 1. The molecular weight excluding hydrogens is 370 g/mol. The van der Waals surface area contributed by atoms with Crippen molar-refractivity contribution in [1.29, 1.82) is 0 Å². The lowest BCUT2D eigenvalue weighted by molar-refractivity contribution is 0.0690. The molecule has 0 spiro atoms. The summed E-state index contributed by atoms with van der Waals surface area (Å²) in [6.07, 6.45) is 1.09. The van der Waals surface area contributed by atoms with E-state index in [2.05, 4.69) is 4.98 Å². The molecule has 0 saturated carbocycles. The molecule has 2 aromatic rings. The van der Waals surface area contributed by atoms with Crippen LogP contribution in [0.15, 0.2) is 39.8 Å². The lowest BCUT2D eigenvalue weighted by Crippen LogP contribution is -2.48. The van der Waals surface area contributed by atoms with Gasteiger partial charge in [0.25, 0.3) is 0 Å². The van der Waals surface area contributed by atoms with Crippen LogP contribution in [0.2, 0.25) is 5.02 Å². The van der Waals surface area contributed by atoms with Crippen LogP contribution in [-0.4, -0.2) is 59.9 Å². The maximum absolute atomic E-state index is 12.7. The Hall–Kier alpha value is -1.94. The van der Waals surface area contributed by atoms with Crippen molar-refractivity contribution in [3.8, 4) is 0 Å². The molecular formula is C15H16ClN3O5S. The van der Waals surface area contributed by atoms with Crippen molar-refractivity contribution in [2.24, 2.45) is 0 Å². The molecule has 0 bridgehead atoms. The molecule has 1 aliphatic heterocycles. The van der Waals surface area contributed by atoms with E-state index in [1.54, 1.807) is 18.2 Å². The summed E-state index contributed by atoms with van der Waals surface area (Å²) in [4.78, 5) is 16.7. The third-order valence-corrected chi connectivity index (χ3v) is 6.31. The Kier molecular flexibility index (Phi) is 5.09. The van der Waals surface area contributed by atoms with Gasteiger partial charge >= 0.3 is 5.97 Å². The normalized spacial score (nSPS) is 16.8. The van der Waals surface area contributed by atoms with Gasteiger partial charge in [-0.25, -0.2) is 18.2 Å². The molecule has 1 aromatic heterocycles. The highest BCUT2D eigenvalue weighted by Crippen LogP contribution is 2.25. The summed E-state index contributed by atoms with van der Waals surface area (Å²) >= 11 is 6.01. The van der Waals surface area contributed by atoms with E-state index in [9.17, 15) is 13.2 Å². The van der Waals surface area contributed by atoms with Gasteiger partial charge < -0.3 is 9.52 Å². The molecule has 0 aliphatic carbocycles. The van der Waals surface area contributed by atoms with Crippen LogP contribution in [0.25, 0.3) is 0 Å².